The zero-order chi connectivity index (χ0) is 24.9. The molecular weight excluding hydrogens is 461 g/mol. The highest BCUT2D eigenvalue weighted by molar-refractivity contribution is 6.06. The van der Waals surface area contributed by atoms with E-state index in [2.05, 4.69) is 20.5 Å². The quantitative estimate of drug-likeness (QED) is 0.574. The van der Waals surface area contributed by atoms with Crippen LogP contribution in [0.3, 0.4) is 0 Å². The number of rotatable bonds is 5. The number of nitrogens with zero attached hydrogens (tertiary/aromatic N) is 3. The maximum Gasteiger partial charge on any atom is 0.249 e. The molecule has 0 spiro atoms. The number of ether oxygens (including phenoxy) is 1. The van der Waals surface area contributed by atoms with Gasteiger partial charge in [-0.25, -0.2) is 9.38 Å². The monoisotopic (exact) mass is 487 g/mol. The zero-order valence-electron chi connectivity index (χ0n) is 19.6. The lowest BCUT2D eigenvalue weighted by atomic mass is 10.1. The number of hydrogen-bond acceptors (Lipinski definition) is 6. The number of amides is 2. The topological polar surface area (TPSA) is 86.3 Å². The Kier molecular flexibility index (Phi) is 6.79. The van der Waals surface area contributed by atoms with Crippen LogP contribution in [-0.2, 0) is 9.59 Å². The summed E-state index contributed by atoms with van der Waals surface area (Å²) in [5.74, 6) is 0.935. The number of nitrogens with one attached hydrogen (secondary N) is 2. The normalized spacial score (nSPS) is 17.8. The second kappa shape index (κ2) is 10.5. The number of aliphatic imine (C=N–C) groups is 1. The van der Waals surface area contributed by atoms with E-state index < -0.39 is 6.04 Å². The Labute approximate surface area is 208 Å². The molecule has 2 amide bonds. The van der Waals surface area contributed by atoms with Gasteiger partial charge in [0.05, 0.1) is 6.42 Å². The number of piperazine rings is 1. The highest BCUT2D eigenvalue weighted by Gasteiger charge is 2.30. The average molecular weight is 488 g/mol. The molecule has 1 saturated heterocycles. The Morgan fingerprint density at radius 3 is 2.22 bits per heavy atom. The number of hydrogen-bond donors (Lipinski definition) is 2. The third-order valence-electron chi connectivity index (χ3n) is 6.08. The van der Waals surface area contributed by atoms with E-state index in [1.54, 1.807) is 36.4 Å². The molecule has 0 unspecified atom stereocenters. The predicted molar refractivity (Wildman–Crippen MR) is 136 cm³/mol. The molecule has 3 aromatic rings. The summed E-state index contributed by atoms with van der Waals surface area (Å²) >= 11 is 0. The lowest BCUT2D eigenvalue weighted by molar-refractivity contribution is -0.125. The van der Waals surface area contributed by atoms with Gasteiger partial charge in [0.15, 0.2) is 0 Å². The van der Waals surface area contributed by atoms with Crippen LogP contribution in [0.25, 0.3) is 0 Å². The predicted octanol–water partition coefficient (Wildman–Crippen LogP) is 3.62. The van der Waals surface area contributed by atoms with Crippen LogP contribution in [0.4, 0.5) is 15.8 Å². The third-order valence-corrected chi connectivity index (χ3v) is 6.08. The molecule has 0 radical (unpaired) electrons. The highest BCUT2D eigenvalue weighted by atomic mass is 19.1. The van der Waals surface area contributed by atoms with Gasteiger partial charge in [-0.05, 0) is 60.7 Å². The van der Waals surface area contributed by atoms with Gasteiger partial charge < -0.3 is 19.9 Å². The van der Waals surface area contributed by atoms with Crippen LogP contribution in [0.5, 0.6) is 11.5 Å². The van der Waals surface area contributed by atoms with Gasteiger partial charge >= 0.3 is 0 Å². The lowest BCUT2D eigenvalue weighted by Gasteiger charge is -2.38. The van der Waals surface area contributed by atoms with Crippen molar-refractivity contribution in [2.45, 2.75) is 12.5 Å². The van der Waals surface area contributed by atoms with Crippen LogP contribution >= 0.6 is 0 Å². The number of benzene rings is 3. The SMILES string of the molecule is O=C1C[C@H](C(=O)Nc2ccc(Oc3ccccc3)cc2)N=C(N2CCN(c3ccc(F)cc3)CC2)N1. The van der Waals surface area contributed by atoms with Gasteiger partial charge in [0.2, 0.25) is 17.8 Å². The van der Waals surface area contributed by atoms with E-state index in [1.807, 2.05) is 35.2 Å². The molecule has 3 aromatic carbocycles. The van der Waals surface area contributed by atoms with Crippen molar-refractivity contribution in [3.63, 3.8) is 0 Å². The molecular formula is C27H26FN5O3. The summed E-state index contributed by atoms with van der Waals surface area (Å²) in [5, 5.41) is 5.64. The number of halogens is 1. The van der Waals surface area contributed by atoms with Crippen molar-refractivity contribution in [3.05, 3.63) is 84.7 Å². The number of carbonyl (C=O) groups excluding carboxylic acids is 2. The van der Waals surface area contributed by atoms with Gasteiger partial charge in [-0.1, -0.05) is 18.2 Å². The smallest absolute Gasteiger partial charge is 0.249 e. The third kappa shape index (κ3) is 5.63. The first-order valence-electron chi connectivity index (χ1n) is 11.8. The molecule has 8 nitrogen and oxygen atoms in total. The van der Waals surface area contributed by atoms with Gasteiger partial charge in [-0.3, -0.25) is 14.9 Å². The molecule has 2 aliphatic heterocycles. The molecule has 1 atom stereocenters. The first-order valence-corrected chi connectivity index (χ1v) is 11.8. The number of anilines is 2. The van der Waals surface area contributed by atoms with Gasteiger partial charge in [0, 0.05) is 37.6 Å². The Morgan fingerprint density at radius 1 is 0.889 bits per heavy atom. The molecule has 9 heteroatoms. The molecule has 184 valence electrons. The van der Waals surface area contributed by atoms with E-state index in [1.165, 1.54) is 12.1 Å². The van der Waals surface area contributed by atoms with Crippen molar-refractivity contribution in [1.29, 1.82) is 0 Å². The molecule has 0 aromatic heterocycles. The van der Waals surface area contributed by atoms with Gasteiger partial charge in [-0.15, -0.1) is 0 Å². The highest BCUT2D eigenvalue weighted by Crippen LogP contribution is 2.23. The summed E-state index contributed by atoms with van der Waals surface area (Å²) in [6, 6.07) is 22.0. The van der Waals surface area contributed by atoms with Crippen LogP contribution in [0, 0.1) is 5.82 Å². The average Bonchev–Trinajstić information content (AvgIpc) is 2.90. The molecule has 0 aliphatic carbocycles. The van der Waals surface area contributed by atoms with Gasteiger partial charge in [0.1, 0.15) is 23.4 Å². The minimum atomic E-state index is -0.816. The van der Waals surface area contributed by atoms with Crippen LogP contribution in [-0.4, -0.2) is 54.9 Å². The summed E-state index contributed by atoms with van der Waals surface area (Å²) in [4.78, 5) is 33.9. The summed E-state index contributed by atoms with van der Waals surface area (Å²) in [5.41, 5.74) is 1.54. The standard InChI is InChI=1S/C27H26FN5O3/c28-19-6-10-21(11-7-19)32-14-16-33(17-15-32)27-30-24(18-25(34)31-27)26(35)29-20-8-12-23(13-9-20)36-22-4-2-1-3-5-22/h1-13,24H,14-18H2,(H,29,35)(H,30,31,34)/t24-/m1/s1. The van der Waals surface area contributed by atoms with E-state index in [4.69, 9.17) is 4.74 Å². The molecule has 2 aliphatic rings. The molecule has 0 bridgehead atoms. The molecule has 0 saturated carbocycles. The van der Waals surface area contributed by atoms with Crippen LogP contribution < -0.4 is 20.3 Å². The molecule has 36 heavy (non-hydrogen) atoms. The summed E-state index contributed by atoms with van der Waals surface area (Å²) in [6.45, 7) is 2.62. The second-order valence-corrected chi connectivity index (χ2v) is 8.60. The zero-order valence-corrected chi connectivity index (χ0v) is 19.6. The maximum absolute atomic E-state index is 13.2. The molecule has 5 rings (SSSR count). The lowest BCUT2D eigenvalue weighted by Crippen LogP contribution is -2.56. The van der Waals surface area contributed by atoms with Crippen molar-refractivity contribution in [1.82, 2.24) is 10.2 Å². The summed E-state index contributed by atoms with van der Waals surface area (Å²) in [6.07, 6.45) is -0.0138. The number of carbonyl (C=O) groups is 2. The molecule has 2 heterocycles. The fourth-order valence-corrected chi connectivity index (χ4v) is 4.17. The van der Waals surface area contributed by atoms with E-state index in [0.717, 1.165) is 11.4 Å². The summed E-state index contributed by atoms with van der Waals surface area (Å²) in [7, 11) is 0. The number of guanidine groups is 1. The maximum atomic E-state index is 13.2. The van der Waals surface area contributed by atoms with E-state index in [-0.39, 0.29) is 24.1 Å². The van der Waals surface area contributed by atoms with Crippen LogP contribution in [0.15, 0.2) is 83.9 Å². The molecule has 2 N–H and O–H groups in total. The Balaban J connectivity index is 1.19. The Morgan fingerprint density at radius 2 is 1.53 bits per heavy atom. The number of para-hydroxylation sites is 1. The van der Waals surface area contributed by atoms with Crippen molar-refractivity contribution in [3.8, 4) is 11.5 Å². The second-order valence-electron chi connectivity index (χ2n) is 8.60. The van der Waals surface area contributed by atoms with E-state index in [9.17, 15) is 14.0 Å². The Bertz CT molecular complexity index is 1240. The first kappa shape index (κ1) is 23.3. The van der Waals surface area contributed by atoms with Gasteiger partial charge in [0.25, 0.3) is 0 Å². The fourth-order valence-electron chi connectivity index (χ4n) is 4.17. The first-order chi connectivity index (χ1) is 17.5. The van der Waals surface area contributed by atoms with Crippen molar-refractivity contribution in [2.75, 3.05) is 36.4 Å². The Hall–Kier alpha value is -4.40. The minimum absolute atomic E-state index is 0.0138. The largest absolute Gasteiger partial charge is 0.457 e. The van der Waals surface area contributed by atoms with Gasteiger partial charge in [-0.2, -0.15) is 0 Å². The van der Waals surface area contributed by atoms with Crippen LogP contribution in [0.1, 0.15) is 6.42 Å². The van der Waals surface area contributed by atoms with E-state index in [0.29, 0.717) is 43.6 Å². The van der Waals surface area contributed by atoms with E-state index >= 15 is 0 Å². The summed E-state index contributed by atoms with van der Waals surface area (Å²) < 4.78 is 19.0. The van der Waals surface area contributed by atoms with Crippen molar-refractivity contribution >= 4 is 29.1 Å². The fraction of sp³-hybridized carbons (Fsp3) is 0.222. The minimum Gasteiger partial charge on any atom is -0.457 e. The van der Waals surface area contributed by atoms with Crippen LogP contribution in [0.2, 0.25) is 0 Å². The van der Waals surface area contributed by atoms with Crippen molar-refractivity contribution in [2.24, 2.45) is 4.99 Å². The molecule has 1 fully saturated rings. The van der Waals surface area contributed by atoms with Crippen molar-refractivity contribution < 1.29 is 18.7 Å².